The van der Waals surface area contributed by atoms with Gasteiger partial charge in [-0.25, -0.2) is 0 Å². The number of hydrogen-bond acceptors (Lipinski definition) is 1. The second-order valence-corrected chi connectivity index (χ2v) is 4.18. The first-order chi connectivity index (χ1) is 5.25. The smallest absolute Gasteiger partial charge is 0.0207 e. The first-order valence-corrected chi connectivity index (χ1v) is 5.67. The maximum Gasteiger partial charge on any atom is 0.0207 e. The lowest BCUT2D eigenvalue weighted by Gasteiger charge is -2.04. The predicted octanol–water partition coefficient (Wildman–Crippen LogP) is 3.62. The van der Waals surface area contributed by atoms with Crippen molar-refractivity contribution in [1.82, 2.24) is 0 Å². The van der Waals surface area contributed by atoms with Crippen molar-refractivity contribution < 1.29 is 0 Å². The van der Waals surface area contributed by atoms with E-state index in [0.717, 1.165) is 5.75 Å². The van der Waals surface area contributed by atoms with Gasteiger partial charge < -0.3 is 0 Å². The van der Waals surface area contributed by atoms with Crippen LogP contribution < -0.4 is 0 Å². The van der Waals surface area contributed by atoms with Crippen LogP contribution in [0.2, 0.25) is 0 Å². The number of rotatable bonds is 2. The van der Waals surface area contributed by atoms with Crippen molar-refractivity contribution in [3.8, 4) is 0 Å². The Balaban J connectivity index is 2.96. The lowest BCUT2D eigenvalue weighted by molar-refractivity contribution is 1.29. The van der Waals surface area contributed by atoms with Crippen molar-refractivity contribution in [2.24, 2.45) is 0 Å². The third kappa shape index (κ3) is 2.24. The van der Waals surface area contributed by atoms with Crippen LogP contribution in [0.15, 0.2) is 22.7 Å². The van der Waals surface area contributed by atoms with Gasteiger partial charge in [0.1, 0.15) is 0 Å². The van der Waals surface area contributed by atoms with Gasteiger partial charge in [0.05, 0.1) is 0 Å². The van der Waals surface area contributed by atoms with E-state index in [1.54, 1.807) is 0 Å². The summed E-state index contributed by atoms with van der Waals surface area (Å²) in [7, 11) is 0. The molecule has 1 aromatic rings. The Labute approximate surface area is 80.5 Å². The minimum atomic E-state index is 1.10. The van der Waals surface area contributed by atoms with Crippen molar-refractivity contribution in [3.63, 3.8) is 0 Å². The molecule has 0 aliphatic heterocycles. The molecule has 0 spiro atoms. The number of thioether (sulfide) groups is 1. The van der Waals surface area contributed by atoms with E-state index < -0.39 is 0 Å². The fraction of sp³-hybridized carbons (Fsp3) is 0.333. The summed E-state index contributed by atoms with van der Waals surface area (Å²) in [4.78, 5) is 0. The molecule has 11 heavy (non-hydrogen) atoms. The first-order valence-electron chi connectivity index (χ1n) is 3.48. The van der Waals surface area contributed by atoms with Crippen LogP contribution in [-0.2, 0) is 5.75 Å². The fourth-order valence-corrected chi connectivity index (χ4v) is 1.99. The summed E-state index contributed by atoms with van der Waals surface area (Å²) in [5, 5.41) is 0. The molecule has 0 unspecified atom stereocenters. The van der Waals surface area contributed by atoms with Gasteiger partial charge in [-0.2, -0.15) is 11.8 Å². The van der Waals surface area contributed by atoms with Crippen LogP contribution >= 0.6 is 27.7 Å². The predicted molar refractivity (Wildman–Crippen MR) is 56.1 cm³/mol. The Morgan fingerprint density at radius 2 is 2.18 bits per heavy atom. The lowest BCUT2D eigenvalue weighted by atomic mass is 10.1. The van der Waals surface area contributed by atoms with Crippen molar-refractivity contribution in [1.29, 1.82) is 0 Å². The van der Waals surface area contributed by atoms with E-state index in [1.165, 1.54) is 15.6 Å². The van der Waals surface area contributed by atoms with E-state index in [-0.39, 0.29) is 0 Å². The van der Waals surface area contributed by atoms with Gasteiger partial charge in [-0.1, -0.05) is 28.1 Å². The van der Waals surface area contributed by atoms with Crippen molar-refractivity contribution in [2.45, 2.75) is 12.7 Å². The van der Waals surface area contributed by atoms with Gasteiger partial charge in [0.25, 0.3) is 0 Å². The van der Waals surface area contributed by atoms with Crippen LogP contribution in [0.3, 0.4) is 0 Å². The Hall–Kier alpha value is 0.0500. The van der Waals surface area contributed by atoms with E-state index in [9.17, 15) is 0 Å². The van der Waals surface area contributed by atoms with Crippen LogP contribution in [0.4, 0.5) is 0 Å². The van der Waals surface area contributed by atoms with E-state index >= 15 is 0 Å². The summed E-state index contributed by atoms with van der Waals surface area (Å²) >= 11 is 5.36. The monoisotopic (exact) mass is 230 g/mol. The molecule has 60 valence electrons. The van der Waals surface area contributed by atoms with Gasteiger partial charge in [0, 0.05) is 10.2 Å². The molecule has 0 amide bonds. The summed E-state index contributed by atoms with van der Waals surface area (Å²) < 4.78 is 1.21. The molecule has 0 N–H and O–H groups in total. The quantitative estimate of drug-likeness (QED) is 0.749. The lowest BCUT2D eigenvalue weighted by Crippen LogP contribution is -1.85. The topological polar surface area (TPSA) is 0 Å². The maximum absolute atomic E-state index is 3.51. The second-order valence-electron chi connectivity index (χ2n) is 2.46. The van der Waals surface area contributed by atoms with Crippen molar-refractivity contribution >= 4 is 27.7 Å². The minimum Gasteiger partial charge on any atom is -0.161 e. The zero-order valence-electron chi connectivity index (χ0n) is 6.73. The summed E-state index contributed by atoms with van der Waals surface area (Å²) in [5.41, 5.74) is 2.79. The summed E-state index contributed by atoms with van der Waals surface area (Å²) in [6.45, 7) is 2.15. The molecule has 0 radical (unpaired) electrons. The summed E-state index contributed by atoms with van der Waals surface area (Å²) in [6, 6.07) is 6.35. The highest BCUT2D eigenvalue weighted by Gasteiger charge is 1.99. The number of halogens is 1. The van der Waals surface area contributed by atoms with Gasteiger partial charge in [0.15, 0.2) is 0 Å². The third-order valence-corrected chi connectivity index (χ3v) is 3.14. The van der Waals surface area contributed by atoms with Crippen molar-refractivity contribution in [3.05, 3.63) is 33.8 Å². The van der Waals surface area contributed by atoms with Gasteiger partial charge in [-0.15, -0.1) is 0 Å². The molecule has 0 saturated carbocycles. The molecule has 0 saturated heterocycles. The molecule has 0 nitrogen and oxygen atoms in total. The Morgan fingerprint density at radius 1 is 1.45 bits per heavy atom. The zero-order valence-corrected chi connectivity index (χ0v) is 9.13. The highest BCUT2D eigenvalue weighted by molar-refractivity contribution is 9.10. The molecule has 0 aliphatic carbocycles. The largest absolute Gasteiger partial charge is 0.161 e. The molecule has 1 aromatic carbocycles. The van der Waals surface area contributed by atoms with Gasteiger partial charge in [-0.3, -0.25) is 0 Å². The first kappa shape index (κ1) is 9.14. The van der Waals surface area contributed by atoms with Gasteiger partial charge in [-0.05, 0) is 30.4 Å². The van der Waals surface area contributed by atoms with E-state index in [0.29, 0.717) is 0 Å². The molecular weight excluding hydrogens is 220 g/mol. The molecule has 0 atom stereocenters. The van der Waals surface area contributed by atoms with Gasteiger partial charge in [0.2, 0.25) is 0 Å². The third-order valence-electron chi connectivity index (χ3n) is 1.68. The molecule has 2 heteroatoms. The maximum atomic E-state index is 3.51. The molecule has 0 fully saturated rings. The number of benzene rings is 1. The van der Waals surface area contributed by atoms with E-state index in [1.807, 2.05) is 11.8 Å². The van der Waals surface area contributed by atoms with E-state index in [2.05, 4.69) is 47.3 Å². The molecule has 1 rings (SSSR count). The number of hydrogen-bond donors (Lipinski definition) is 0. The van der Waals surface area contributed by atoms with Crippen LogP contribution in [0.5, 0.6) is 0 Å². The zero-order chi connectivity index (χ0) is 8.27. The Bertz CT molecular complexity index is 245. The Morgan fingerprint density at radius 3 is 2.82 bits per heavy atom. The van der Waals surface area contributed by atoms with Crippen LogP contribution in [0.25, 0.3) is 0 Å². The van der Waals surface area contributed by atoms with E-state index in [4.69, 9.17) is 0 Å². The molecule has 0 heterocycles. The van der Waals surface area contributed by atoms with Crippen LogP contribution in [0, 0.1) is 6.92 Å². The highest BCUT2D eigenvalue weighted by Crippen LogP contribution is 2.21. The highest BCUT2D eigenvalue weighted by atomic mass is 79.9. The molecular formula is C9H11BrS. The fourth-order valence-electron chi connectivity index (χ4n) is 0.964. The average Bonchev–Trinajstić information content (AvgIpc) is 1.99. The normalized spacial score (nSPS) is 10.1. The molecule has 0 aromatic heterocycles. The minimum absolute atomic E-state index is 1.10. The molecule has 0 aliphatic rings. The van der Waals surface area contributed by atoms with Crippen LogP contribution in [0.1, 0.15) is 11.1 Å². The van der Waals surface area contributed by atoms with Crippen LogP contribution in [-0.4, -0.2) is 6.26 Å². The summed E-state index contributed by atoms with van der Waals surface area (Å²) in [5.74, 6) is 1.10. The standard InChI is InChI=1S/C9H11BrS/c1-7-8(6-11-2)4-3-5-9(7)10/h3-5H,6H2,1-2H3. The summed E-state index contributed by atoms with van der Waals surface area (Å²) in [6.07, 6.45) is 2.13. The average molecular weight is 231 g/mol. The SMILES string of the molecule is CSCc1cccc(Br)c1C. The van der Waals surface area contributed by atoms with Gasteiger partial charge >= 0.3 is 0 Å². The van der Waals surface area contributed by atoms with Crippen molar-refractivity contribution in [2.75, 3.05) is 6.26 Å². The second kappa shape index (κ2) is 4.17. The molecule has 0 bridgehead atoms. The Kier molecular flexibility index (Phi) is 3.46.